The summed E-state index contributed by atoms with van der Waals surface area (Å²) < 4.78 is 19.5. The van der Waals surface area contributed by atoms with E-state index < -0.39 is 5.82 Å². The molecule has 0 radical (unpaired) electrons. The Hall–Kier alpha value is -4.68. The van der Waals surface area contributed by atoms with Gasteiger partial charge in [0.25, 0.3) is 0 Å². The molecule has 39 heavy (non-hydrogen) atoms. The van der Waals surface area contributed by atoms with Crippen LogP contribution in [0, 0.1) is 5.82 Å². The normalized spacial score (nSPS) is 13.4. The van der Waals surface area contributed by atoms with Gasteiger partial charge >= 0.3 is 0 Å². The van der Waals surface area contributed by atoms with E-state index in [0.29, 0.717) is 59.8 Å². The first-order valence-electron chi connectivity index (χ1n) is 11.9. The zero-order valence-corrected chi connectivity index (χ0v) is 21.2. The molecule has 0 spiro atoms. The third-order valence-corrected chi connectivity index (χ3v) is 5.78. The largest absolute Gasteiger partial charge is 0.508 e. The van der Waals surface area contributed by atoms with Crippen LogP contribution < -0.4 is 21.0 Å². The summed E-state index contributed by atoms with van der Waals surface area (Å²) in [6.07, 6.45) is 4.24. The second-order valence-corrected chi connectivity index (χ2v) is 8.96. The van der Waals surface area contributed by atoms with Crippen molar-refractivity contribution in [3.63, 3.8) is 0 Å². The summed E-state index contributed by atoms with van der Waals surface area (Å²) in [5.41, 5.74) is 5.84. The smallest absolute Gasteiger partial charge is 0.245 e. The highest BCUT2D eigenvalue weighted by Crippen LogP contribution is 2.30. The van der Waals surface area contributed by atoms with Gasteiger partial charge in [-0.05, 0) is 30.3 Å². The van der Waals surface area contributed by atoms with Gasteiger partial charge in [-0.3, -0.25) is 4.98 Å². The van der Waals surface area contributed by atoms with Gasteiger partial charge in [0, 0.05) is 53.4 Å². The minimum Gasteiger partial charge on any atom is -0.508 e. The monoisotopic (exact) mass is 550 g/mol. The molecular weight excluding hydrogens is 527 g/mol. The van der Waals surface area contributed by atoms with E-state index in [0.717, 1.165) is 6.20 Å². The molecule has 11 nitrogen and oxygen atoms in total. The zero-order valence-electron chi connectivity index (χ0n) is 20.5. The highest BCUT2D eigenvalue weighted by atomic mass is 35.5. The maximum absolute atomic E-state index is 14.2. The van der Waals surface area contributed by atoms with Crippen LogP contribution in [0.3, 0.4) is 0 Å². The van der Waals surface area contributed by atoms with Crippen molar-refractivity contribution >= 4 is 52.3 Å². The number of benzene rings is 2. The lowest BCUT2D eigenvalue weighted by molar-refractivity contribution is 0.122. The number of hydrogen-bond acceptors (Lipinski definition) is 11. The molecule has 0 amide bonds. The first-order chi connectivity index (χ1) is 18.9. The quantitative estimate of drug-likeness (QED) is 0.153. The standard InChI is InChI=1S/C26H24ClFN8O3/c27-16-7-19(9-20(8-16)33-21-10-22(37)12-23(38)11-21)32-18-2-1-17(29-13-18)14-31-35-26-30-15-24(28)25(34-26)36-3-5-39-6-4-36/h1-2,7-15,32-33,37-38H,3-6H2,(H,30,34,35)/b31-14+. The summed E-state index contributed by atoms with van der Waals surface area (Å²) in [6.45, 7) is 2.13. The number of phenols is 2. The van der Waals surface area contributed by atoms with Crippen molar-refractivity contribution in [1.29, 1.82) is 0 Å². The Morgan fingerprint density at radius 1 is 0.897 bits per heavy atom. The number of nitrogens with one attached hydrogen (secondary N) is 3. The fourth-order valence-corrected chi connectivity index (χ4v) is 4.09. The molecule has 3 heterocycles. The van der Waals surface area contributed by atoms with Crippen LogP contribution in [0.2, 0.25) is 5.02 Å². The molecule has 13 heteroatoms. The molecule has 1 fully saturated rings. The Balaban J connectivity index is 1.21. The minimum absolute atomic E-state index is 0.0642. The summed E-state index contributed by atoms with van der Waals surface area (Å²) >= 11 is 6.28. The predicted octanol–water partition coefficient (Wildman–Crippen LogP) is 4.85. The Kier molecular flexibility index (Phi) is 7.85. The number of halogens is 2. The van der Waals surface area contributed by atoms with Crippen molar-refractivity contribution in [2.24, 2.45) is 5.10 Å². The molecular formula is C26H24ClFN8O3. The van der Waals surface area contributed by atoms with Crippen molar-refractivity contribution in [3.8, 4) is 11.5 Å². The molecule has 4 aromatic rings. The average Bonchev–Trinajstić information content (AvgIpc) is 2.90. The van der Waals surface area contributed by atoms with Crippen LogP contribution in [0.4, 0.5) is 38.9 Å². The molecule has 5 rings (SSSR count). The number of pyridine rings is 1. The second kappa shape index (κ2) is 11.8. The lowest BCUT2D eigenvalue weighted by Gasteiger charge is -2.27. The molecule has 0 saturated carbocycles. The lowest BCUT2D eigenvalue weighted by atomic mass is 10.2. The summed E-state index contributed by atoms with van der Waals surface area (Å²) in [4.78, 5) is 14.3. The maximum atomic E-state index is 14.2. The van der Waals surface area contributed by atoms with Gasteiger partial charge in [-0.15, -0.1) is 0 Å². The number of rotatable bonds is 8. The van der Waals surface area contributed by atoms with Crippen LogP contribution in [-0.4, -0.2) is 57.7 Å². The molecule has 2 aromatic carbocycles. The molecule has 1 aliphatic heterocycles. The number of aromatic nitrogens is 3. The molecule has 0 atom stereocenters. The highest BCUT2D eigenvalue weighted by molar-refractivity contribution is 6.31. The SMILES string of the molecule is Oc1cc(O)cc(Nc2cc(Cl)cc(Nc3ccc(/C=N/Nc4ncc(F)c(N5CCOCC5)n4)nc3)c2)c1. The number of morpholine rings is 1. The molecule has 1 aliphatic rings. The predicted molar refractivity (Wildman–Crippen MR) is 148 cm³/mol. The number of nitrogens with zero attached hydrogens (tertiary/aromatic N) is 5. The fraction of sp³-hybridized carbons (Fsp3) is 0.154. The number of hydrazone groups is 1. The topological polar surface area (TPSA) is 140 Å². The molecule has 200 valence electrons. The van der Waals surface area contributed by atoms with Crippen LogP contribution >= 0.6 is 11.6 Å². The van der Waals surface area contributed by atoms with E-state index in [9.17, 15) is 14.6 Å². The van der Waals surface area contributed by atoms with Crippen molar-refractivity contribution in [1.82, 2.24) is 15.0 Å². The van der Waals surface area contributed by atoms with Gasteiger partial charge in [0.05, 0.1) is 43.2 Å². The molecule has 0 aliphatic carbocycles. The number of anilines is 6. The molecule has 5 N–H and O–H groups in total. The van der Waals surface area contributed by atoms with E-state index in [-0.39, 0.29) is 23.3 Å². The molecule has 1 saturated heterocycles. The Morgan fingerprint density at radius 3 is 2.28 bits per heavy atom. The van der Waals surface area contributed by atoms with Crippen LogP contribution in [0.5, 0.6) is 11.5 Å². The van der Waals surface area contributed by atoms with Crippen molar-refractivity contribution in [2.75, 3.05) is 47.3 Å². The van der Waals surface area contributed by atoms with Gasteiger partial charge in [-0.2, -0.15) is 10.1 Å². The van der Waals surface area contributed by atoms with E-state index in [4.69, 9.17) is 16.3 Å². The van der Waals surface area contributed by atoms with Gasteiger partial charge in [0.1, 0.15) is 11.5 Å². The number of ether oxygens (including phenoxy) is 1. The van der Waals surface area contributed by atoms with Gasteiger partial charge in [0.15, 0.2) is 11.6 Å². The lowest BCUT2D eigenvalue weighted by Crippen LogP contribution is -2.37. The van der Waals surface area contributed by atoms with E-state index in [1.54, 1.807) is 29.3 Å². The van der Waals surface area contributed by atoms with E-state index >= 15 is 0 Å². The Bertz CT molecular complexity index is 1460. The third kappa shape index (κ3) is 7.00. The summed E-state index contributed by atoms with van der Waals surface area (Å²) in [5.74, 6) is -0.258. The van der Waals surface area contributed by atoms with E-state index in [2.05, 4.69) is 36.1 Å². The maximum Gasteiger partial charge on any atom is 0.245 e. The minimum atomic E-state index is -0.502. The Morgan fingerprint density at radius 2 is 1.59 bits per heavy atom. The van der Waals surface area contributed by atoms with Crippen LogP contribution in [0.15, 0.2) is 66.0 Å². The number of hydrogen-bond donors (Lipinski definition) is 5. The van der Waals surface area contributed by atoms with Gasteiger partial charge in [0.2, 0.25) is 5.95 Å². The van der Waals surface area contributed by atoms with E-state index in [1.807, 2.05) is 12.1 Å². The average molecular weight is 551 g/mol. The first kappa shape index (κ1) is 25.9. The number of phenolic OH excluding ortho intramolecular Hbond substituents is 2. The summed E-state index contributed by atoms with van der Waals surface area (Å²) in [7, 11) is 0. The zero-order chi connectivity index (χ0) is 27.2. The second-order valence-electron chi connectivity index (χ2n) is 8.52. The van der Waals surface area contributed by atoms with Gasteiger partial charge in [-0.25, -0.2) is 14.8 Å². The Labute approximate surface area is 228 Å². The first-order valence-corrected chi connectivity index (χ1v) is 12.3. The van der Waals surface area contributed by atoms with Gasteiger partial charge < -0.3 is 30.5 Å². The third-order valence-electron chi connectivity index (χ3n) is 5.56. The van der Waals surface area contributed by atoms with Crippen molar-refractivity contribution < 1.29 is 19.3 Å². The summed E-state index contributed by atoms with van der Waals surface area (Å²) in [6, 6.07) is 13.1. The van der Waals surface area contributed by atoms with Crippen LogP contribution in [0.25, 0.3) is 0 Å². The van der Waals surface area contributed by atoms with Crippen LogP contribution in [-0.2, 0) is 4.74 Å². The number of aromatic hydroxyl groups is 2. The summed E-state index contributed by atoms with van der Waals surface area (Å²) in [5, 5.41) is 30.3. The molecule has 2 aromatic heterocycles. The van der Waals surface area contributed by atoms with Crippen LogP contribution in [0.1, 0.15) is 5.69 Å². The molecule has 0 unspecified atom stereocenters. The molecule has 0 bridgehead atoms. The fourth-order valence-electron chi connectivity index (χ4n) is 3.86. The van der Waals surface area contributed by atoms with Crippen molar-refractivity contribution in [3.05, 3.63) is 77.5 Å². The highest BCUT2D eigenvalue weighted by Gasteiger charge is 2.17. The van der Waals surface area contributed by atoms with E-state index in [1.165, 1.54) is 24.4 Å². The van der Waals surface area contributed by atoms with Gasteiger partial charge in [-0.1, -0.05) is 11.6 Å². The van der Waals surface area contributed by atoms with Crippen molar-refractivity contribution in [2.45, 2.75) is 0 Å².